The average molecular weight is 331 g/mol. The van der Waals surface area contributed by atoms with Gasteiger partial charge in [0.15, 0.2) is 0 Å². The van der Waals surface area contributed by atoms with Gasteiger partial charge in [-0.3, -0.25) is 0 Å². The van der Waals surface area contributed by atoms with Crippen molar-refractivity contribution in [3.05, 3.63) is 94.3 Å². The standard InChI is InChI=1S/C23H22FN/c1-16-5-4-6-20(18(16)3)10-9-19-8-7-17(2)23(15-19)25-22-13-11-21(24)12-14-22/h4-15,25H,1-3H3/b10-9+. The van der Waals surface area contributed by atoms with Crippen molar-refractivity contribution in [1.82, 2.24) is 0 Å². The van der Waals surface area contributed by atoms with E-state index < -0.39 is 0 Å². The average Bonchev–Trinajstić information content (AvgIpc) is 2.61. The quantitative estimate of drug-likeness (QED) is 0.527. The molecule has 0 aliphatic rings. The SMILES string of the molecule is Cc1ccc(/C=C/c2cccc(C)c2C)cc1Nc1ccc(F)cc1. The summed E-state index contributed by atoms with van der Waals surface area (Å²) in [6, 6.07) is 19.1. The summed E-state index contributed by atoms with van der Waals surface area (Å²) in [4.78, 5) is 0. The van der Waals surface area contributed by atoms with E-state index in [2.05, 4.69) is 74.6 Å². The number of aryl methyl sites for hydroxylation is 2. The van der Waals surface area contributed by atoms with Crippen molar-refractivity contribution in [1.29, 1.82) is 0 Å². The van der Waals surface area contributed by atoms with Crippen LogP contribution < -0.4 is 5.32 Å². The van der Waals surface area contributed by atoms with Gasteiger partial charge in [0.1, 0.15) is 5.82 Å². The zero-order chi connectivity index (χ0) is 17.8. The first kappa shape index (κ1) is 17.0. The van der Waals surface area contributed by atoms with Gasteiger partial charge in [-0.2, -0.15) is 0 Å². The third-order valence-electron chi connectivity index (χ3n) is 4.49. The van der Waals surface area contributed by atoms with Gasteiger partial charge < -0.3 is 5.32 Å². The number of hydrogen-bond donors (Lipinski definition) is 1. The molecule has 2 heteroatoms. The summed E-state index contributed by atoms with van der Waals surface area (Å²) in [5.74, 6) is -0.229. The third kappa shape index (κ3) is 4.16. The van der Waals surface area contributed by atoms with Gasteiger partial charge in [-0.25, -0.2) is 4.39 Å². The fraction of sp³-hybridized carbons (Fsp3) is 0.130. The van der Waals surface area contributed by atoms with E-state index in [1.54, 1.807) is 12.1 Å². The van der Waals surface area contributed by atoms with Crippen molar-refractivity contribution in [3.8, 4) is 0 Å². The second-order valence-corrected chi connectivity index (χ2v) is 6.33. The molecule has 126 valence electrons. The zero-order valence-electron chi connectivity index (χ0n) is 14.8. The Labute approximate surface area is 148 Å². The van der Waals surface area contributed by atoms with Crippen LogP contribution in [0.2, 0.25) is 0 Å². The van der Waals surface area contributed by atoms with Crippen LogP contribution in [0.3, 0.4) is 0 Å². The maximum atomic E-state index is 13.1. The molecular formula is C23H22FN. The molecule has 0 unspecified atom stereocenters. The number of hydrogen-bond acceptors (Lipinski definition) is 1. The van der Waals surface area contributed by atoms with Crippen molar-refractivity contribution >= 4 is 23.5 Å². The van der Waals surface area contributed by atoms with Crippen LogP contribution in [0.15, 0.2) is 60.7 Å². The number of anilines is 2. The Hall–Kier alpha value is -2.87. The molecule has 0 bridgehead atoms. The lowest BCUT2D eigenvalue weighted by Crippen LogP contribution is -1.94. The maximum absolute atomic E-state index is 13.1. The van der Waals surface area contributed by atoms with E-state index in [4.69, 9.17) is 0 Å². The molecule has 0 saturated carbocycles. The molecule has 0 radical (unpaired) electrons. The van der Waals surface area contributed by atoms with Crippen LogP contribution in [0.5, 0.6) is 0 Å². The fourth-order valence-electron chi connectivity index (χ4n) is 2.71. The lowest BCUT2D eigenvalue weighted by atomic mass is 10.0. The lowest BCUT2D eigenvalue weighted by molar-refractivity contribution is 0.628. The van der Waals surface area contributed by atoms with Crippen molar-refractivity contribution < 1.29 is 4.39 Å². The van der Waals surface area contributed by atoms with Gasteiger partial charge in [-0.05, 0) is 78.9 Å². The summed E-state index contributed by atoms with van der Waals surface area (Å²) in [5, 5.41) is 3.36. The minimum Gasteiger partial charge on any atom is -0.355 e. The fourth-order valence-corrected chi connectivity index (χ4v) is 2.71. The predicted molar refractivity (Wildman–Crippen MR) is 106 cm³/mol. The first-order valence-electron chi connectivity index (χ1n) is 8.40. The summed E-state index contributed by atoms with van der Waals surface area (Å²) in [5.41, 5.74) is 7.99. The van der Waals surface area contributed by atoms with Gasteiger partial charge in [0, 0.05) is 11.4 Å². The van der Waals surface area contributed by atoms with Crippen molar-refractivity contribution in [2.75, 3.05) is 5.32 Å². The molecule has 3 aromatic carbocycles. The van der Waals surface area contributed by atoms with Crippen molar-refractivity contribution in [2.24, 2.45) is 0 Å². The minimum atomic E-state index is -0.229. The second kappa shape index (κ2) is 7.35. The molecule has 3 rings (SSSR count). The normalized spacial score (nSPS) is 11.0. The Morgan fingerprint density at radius 3 is 2.32 bits per heavy atom. The highest BCUT2D eigenvalue weighted by molar-refractivity contribution is 5.75. The number of nitrogens with one attached hydrogen (secondary N) is 1. The largest absolute Gasteiger partial charge is 0.355 e. The second-order valence-electron chi connectivity index (χ2n) is 6.33. The molecule has 0 aliphatic carbocycles. The van der Waals surface area contributed by atoms with Gasteiger partial charge in [-0.1, -0.05) is 42.5 Å². The van der Waals surface area contributed by atoms with E-state index in [-0.39, 0.29) is 5.82 Å². The van der Waals surface area contributed by atoms with Crippen LogP contribution in [0, 0.1) is 26.6 Å². The number of rotatable bonds is 4. The van der Waals surface area contributed by atoms with Crippen LogP contribution in [-0.4, -0.2) is 0 Å². The Morgan fingerprint density at radius 2 is 1.56 bits per heavy atom. The molecule has 0 spiro atoms. The van der Waals surface area contributed by atoms with E-state index in [0.717, 1.165) is 22.5 Å². The van der Waals surface area contributed by atoms with Crippen molar-refractivity contribution in [2.45, 2.75) is 20.8 Å². The summed E-state index contributed by atoms with van der Waals surface area (Å²) in [6.45, 7) is 6.33. The van der Waals surface area contributed by atoms with Crippen LogP contribution in [0.25, 0.3) is 12.2 Å². The van der Waals surface area contributed by atoms with E-state index >= 15 is 0 Å². The molecular weight excluding hydrogens is 309 g/mol. The first-order valence-corrected chi connectivity index (χ1v) is 8.40. The Bertz CT molecular complexity index is 908. The monoisotopic (exact) mass is 331 g/mol. The van der Waals surface area contributed by atoms with Gasteiger partial charge in [-0.15, -0.1) is 0 Å². The zero-order valence-corrected chi connectivity index (χ0v) is 14.8. The van der Waals surface area contributed by atoms with E-state index in [9.17, 15) is 4.39 Å². The Morgan fingerprint density at radius 1 is 0.800 bits per heavy atom. The van der Waals surface area contributed by atoms with Gasteiger partial charge in [0.25, 0.3) is 0 Å². The smallest absolute Gasteiger partial charge is 0.123 e. The molecule has 0 amide bonds. The summed E-state index contributed by atoms with van der Waals surface area (Å²) in [7, 11) is 0. The van der Waals surface area contributed by atoms with E-state index in [1.165, 1.54) is 28.8 Å². The van der Waals surface area contributed by atoms with Gasteiger partial charge >= 0.3 is 0 Å². The van der Waals surface area contributed by atoms with Gasteiger partial charge in [0.05, 0.1) is 0 Å². The molecule has 0 fully saturated rings. The summed E-state index contributed by atoms with van der Waals surface area (Å²) in [6.07, 6.45) is 4.27. The summed E-state index contributed by atoms with van der Waals surface area (Å²) < 4.78 is 13.1. The highest BCUT2D eigenvalue weighted by Gasteiger charge is 2.01. The van der Waals surface area contributed by atoms with Gasteiger partial charge in [0.2, 0.25) is 0 Å². The van der Waals surface area contributed by atoms with Crippen LogP contribution in [0.1, 0.15) is 27.8 Å². The Balaban J connectivity index is 1.85. The van der Waals surface area contributed by atoms with Crippen LogP contribution in [-0.2, 0) is 0 Å². The molecule has 0 saturated heterocycles. The number of benzene rings is 3. The first-order chi connectivity index (χ1) is 12.0. The predicted octanol–water partition coefficient (Wildman–Crippen LogP) is 6.66. The number of halogens is 1. The minimum absolute atomic E-state index is 0.229. The van der Waals surface area contributed by atoms with E-state index in [1.807, 2.05) is 0 Å². The summed E-state index contributed by atoms with van der Waals surface area (Å²) >= 11 is 0. The molecule has 3 aromatic rings. The molecule has 0 heterocycles. The van der Waals surface area contributed by atoms with Crippen LogP contribution >= 0.6 is 0 Å². The molecule has 1 nitrogen and oxygen atoms in total. The highest BCUT2D eigenvalue weighted by Crippen LogP contribution is 2.24. The lowest BCUT2D eigenvalue weighted by Gasteiger charge is -2.11. The highest BCUT2D eigenvalue weighted by atomic mass is 19.1. The van der Waals surface area contributed by atoms with E-state index in [0.29, 0.717) is 0 Å². The third-order valence-corrected chi connectivity index (χ3v) is 4.49. The molecule has 0 atom stereocenters. The van der Waals surface area contributed by atoms with Crippen LogP contribution in [0.4, 0.5) is 15.8 Å². The molecule has 0 aliphatic heterocycles. The topological polar surface area (TPSA) is 12.0 Å². The molecule has 1 N–H and O–H groups in total. The molecule has 0 aromatic heterocycles. The maximum Gasteiger partial charge on any atom is 0.123 e. The Kier molecular flexibility index (Phi) is 4.99. The van der Waals surface area contributed by atoms with Crippen molar-refractivity contribution in [3.63, 3.8) is 0 Å². The molecule has 25 heavy (non-hydrogen) atoms.